The van der Waals surface area contributed by atoms with E-state index in [4.69, 9.17) is 4.42 Å². The number of furan rings is 1. The highest BCUT2D eigenvalue weighted by atomic mass is 16.4. The van der Waals surface area contributed by atoms with E-state index in [1.807, 2.05) is 0 Å². The molecule has 3 heterocycles. The number of aromatic nitrogens is 3. The van der Waals surface area contributed by atoms with Crippen LogP contribution in [0, 0.1) is 0 Å². The maximum atomic E-state index is 13.4. The number of carbonyl (C=O) groups is 4. The van der Waals surface area contributed by atoms with Gasteiger partial charge in [-0.1, -0.05) is 24.5 Å². The van der Waals surface area contributed by atoms with E-state index in [-0.39, 0.29) is 43.3 Å². The molecule has 13 heteroatoms. The smallest absolute Gasteiger partial charge is 0.315 e. The normalized spacial score (nSPS) is 19.8. The van der Waals surface area contributed by atoms with Gasteiger partial charge in [-0.15, -0.1) is 5.10 Å². The molecule has 5 amide bonds. The first-order valence-corrected chi connectivity index (χ1v) is 13.6. The Morgan fingerprint density at radius 1 is 1.10 bits per heavy atom. The quantitative estimate of drug-likeness (QED) is 0.528. The molecule has 4 bridgehead atoms. The minimum absolute atomic E-state index is 0.0263. The molecular formula is C26H38N8O5. The lowest BCUT2D eigenvalue weighted by Crippen LogP contribution is -2.49. The van der Waals surface area contributed by atoms with Crippen LogP contribution in [-0.4, -0.2) is 81.3 Å². The number of amides is 5. The van der Waals surface area contributed by atoms with Gasteiger partial charge in [-0.25, -0.2) is 4.79 Å². The maximum Gasteiger partial charge on any atom is 0.315 e. The average molecular weight is 543 g/mol. The van der Waals surface area contributed by atoms with E-state index in [2.05, 4.69) is 26.3 Å². The molecule has 2 aromatic heterocycles. The number of hydrogen-bond donors (Lipinski definition) is 3. The van der Waals surface area contributed by atoms with Crippen molar-refractivity contribution in [3.63, 3.8) is 0 Å². The summed E-state index contributed by atoms with van der Waals surface area (Å²) in [5.41, 5.74) is 0.552. The number of fused-ring (bicyclic) bond motifs is 4. The second-order valence-corrected chi connectivity index (χ2v) is 10.4. The van der Waals surface area contributed by atoms with E-state index in [0.29, 0.717) is 37.3 Å². The summed E-state index contributed by atoms with van der Waals surface area (Å²) in [6.45, 7) is 0.533. The minimum Gasteiger partial charge on any atom is -0.454 e. The molecule has 1 fully saturated rings. The Balaban J connectivity index is 1.50. The van der Waals surface area contributed by atoms with Gasteiger partial charge < -0.3 is 30.2 Å². The number of aryl methyl sites for hydroxylation is 1. The van der Waals surface area contributed by atoms with E-state index >= 15 is 0 Å². The number of rotatable bonds is 4. The third kappa shape index (κ3) is 8.04. The summed E-state index contributed by atoms with van der Waals surface area (Å²) in [5.74, 6) is -0.468. The maximum absolute atomic E-state index is 13.4. The van der Waals surface area contributed by atoms with Gasteiger partial charge in [-0.2, -0.15) is 0 Å². The van der Waals surface area contributed by atoms with Crippen molar-refractivity contribution in [2.75, 3.05) is 20.6 Å². The van der Waals surface area contributed by atoms with Gasteiger partial charge >= 0.3 is 6.03 Å². The first kappa shape index (κ1) is 28.1. The molecule has 1 aliphatic carbocycles. The molecule has 212 valence electrons. The lowest BCUT2D eigenvalue weighted by atomic mass is 9.95. The molecule has 13 nitrogen and oxygen atoms in total. The number of nitrogens with one attached hydrogen (secondary N) is 3. The highest BCUT2D eigenvalue weighted by Crippen LogP contribution is 2.18. The van der Waals surface area contributed by atoms with Crippen LogP contribution >= 0.6 is 0 Å². The van der Waals surface area contributed by atoms with Crippen LogP contribution in [0.15, 0.2) is 22.7 Å². The first-order valence-electron chi connectivity index (χ1n) is 13.6. The zero-order valence-corrected chi connectivity index (χ0v) is 22.6. The Bertz CT molecular complexity index is 1150. The molecule has 0 radical (unpaired) electrons. The van der Waals surface area contributed by atoms with Gasteiger partial charge in [0.25, 0.3) is 5.91 Å². The number of likely N-dealkylation sites (N-methyl/N-ethyl adjacent to an activating group) is 1. The van der Waals surface area contributed by atoms with Gasteiger partial charge in [0.05, 0.1) is 19.3 Å². The first-order chi connectivity index (χ1) is 18.8. The summed E-state index contributed by atoms with van der Waals surface area (Å²) >= 11 is 0. The second-order valence-electron chi connectivity index (χ2n) is 10.4. The lowest BCUT2D eigenvalue weighted by Gasteiger charge is -2.25. The summed E-state index contributed by atoms with van der Waals surface area (Å²) < 4.78 is 7.40. The standard InChI is InChI=1S/C26H38N8O5/c1-32(2)24(36)21-10-6-7-13-34-16-19(30-31-34)15-33(17-23(35)28-18-8-4-3-5-9-18)25(37)22-12-11-20(39-22)14-27-26(38)29-21/h11-12,16,18,21H,3-10,13-15,17H2,1-2H3,(H,28,35)(H2,27,29,38)/t21-/m0/s1. The SMILES string of the molecule is CN(C)C(=O)[C@@H]1CCCCn2cc(nn2)CN(CC(=O)NC2CCCCC2)C(=O)c2ccc(o2)CNC(=O)N1. The van der Waals surface area contributed by atoms with Gasteiger partial charge in [0.15, 0.2) is 5.76 Å². The van der Waals surface area contributed by atoms with E-state index < -0.39 is 18.0 Å². The number of hydrogen-bond acceptors (Lipinski definition) is 7. The fraction of sp³-hybridized carbons (Fsp3) is 0.615. The molecule has 2 aliphatic rings. The highest BCUT2D eigenvalue weighted by Gasteiger charge is 2.26. The summed E-state index contributed by atoms with van der Waals surface area (Å²) in [7, 11) is 3.29. The molecule has 0 aromatic carbocycles. The predicted octanol–water partition coefficient (Wildman–Crippen LogP) is 1.40. The van der Waals surface area contributed by atoms with Crippen LogP contribution in [0.25, 0.3) is 0 Å². The molecule has 4 rings (SSSR count). The van der Waals surface area contributed by atoms with Crippen LogP contribution in [0.4, 0.5) is 4.79 Å². The Kier molecular flexibility index (Phi) is 9.55. The zero-order valence-electron chi connectivity index (χ0n) is 22.6. The fourth-order valence-corrected chi connectivity index (χ4v) is 4.92. The van der Waals surface area contributed by atoms with Crippen LogP contribution in [0.1, 0.15) is 73.4 Å². The molecule has 1 aliphatic heterocycles. The van der Waals surface area contributed by atoms with E-state index in [0.717, 1.165) is 25.7 Å². The highest BCUT2D eigenvalue weighted by molar-refractivity contribution is 5.94. The van der Waals surface area contributed by atoms with E-state index in [9.17, 15) is 19.2 Å². The Hall–Kier alpha value is -3.90. The van der Waals surface area contributed by atoms with Crippen molar-refractivity contribution in [3.05, 3.63) is 35.5 Å². The third-order valence-corrected chi connectivity index (χ3v) is 7.00. The largest absolute Gasteiger partial charge is 0.454 e. The van der Waals surface area contributed by atoms with Crippen molar-refractivity contribution >= 4 is 23.8 Å². The van der Waals surface area contributed by atoms with Gasteiger partial charge in [-0.05, 0) is 44.2 Å². The van der Waals surface area contributed by atoms with Crippen molar-refractivity contribution in [3.8, 4) is 0 Å². The molecule has 39 heavy (non-hydrogen) atoms. The monoisotopic (exact) mass is 542 g/mol. The van der Waals surface area contributed by atoms with Crippen LogP contribution in [0.3, 0.4) is 0 Å². The Labute approximate surface area is 227 Å². The Morgan fingerprint density at radius 3 is 2.64 bits per heavy atom. The van der Waals surface area contributed by atoms with Crippen molar-refractivity contribution in [1.82, 2.24) is 40.7 Å². The number of carbonyl (C=O) groups excluding carboxylic acids is 4. The lowest BCUT2D eigenvalue weighted by molar-refractivity contribution is -0.130. The summed E-state index contributed by atoms with van der Waals surface area (Å²) in [6, 6.07) is 2.06. The fourth-order valence-electron chi connectivity index (χ4n) is 4.92. The van der Waals surface area contributed by atoms with Crippen molar-refractivity contribution < 1.29 is 23.6 Å². The van der Waals surface area contributed by atoms with Crippen molar-refractivity contribution in [1.29, 1.82) is 0 Å². The average Bonchev–Trinajstić information content (AvgIpc) is 3.57. The Morgan fingerprint density at radius 2 is 1.87 bits per heavy atom. The molecule has 0 spiro atoms. The van der Waals surface area contributed by atoms with Gasteiger partial charge in [0.1, 0.15) is 24.0 Å². The summed E-state index contributed by atoms with van der Waals surface area (Å²) in [5, 5.41) is 16.8. The third-order valence-electron chi connectivity index (χ3n) is 7.00. The molecule has 1 atom stereocenters. The molecule has 0 unspecified atom stereocenters. The van der Waals surface area contributed by atoms with Crippen LogP contribution in [-0.2, 0) is 29.2 Å². The number of urea groups is 1. The van der Waals surface area contributed by atoms with Gasteiger partial charge in [0.2, 0.25) is 11.8 Å². The predicted molar refractivity (Wildman–Crippen MR) is 140 cm³/mol. The number of nitrogens with zero attached hydrogens (tertiary/aromatic N) is 5. The van der Waals surface area contributed by atoms with Gasteiger partial charge in [-0.3, -0.25) is 19.1 Å². The van der Waals surface area contributed by atoms with E-state index in [1.54, 1.807) is 31.0 Å². The summed E-state index contributed by atoms with van der Waals surface area (Å²) in [6.07, 6.45) is 8.85. The van der Waals surface area contributed by atoms with Crippen LogP contribution in [0.5, 0.6) is 0 Å². The van der Waals surface area contributed by atoms with Crippen LogP contribution in [0.2, 0.25) is 0 Å². The van der Waals surface area contributed by atoms with Crippen LogP contribution < -0.4 is 16.0 Å². The molecule has 2 aromatic rings. The zero-order chi connectivity index (χ0) is 27.8. The summed E-state index contributed by atoms with van der Waals surface area (Å²) in [4.78, 5) is 54.3. The molecule has 3 N–H and O–H groups in total. The van der Waals surface area contributed by atoms with Crippen molar-refractivity contribution in [2.24, 2.45) is 0 Å². The minimum atomic E-state index is -0.674. The van der Waals surface area contributed by atoms with Crippen molar-refractivity contribution in [2.45, 2.75) is 83.1 Å². The van der Waals surface area contributed by atoms with Gasteiger partial charge in [0, 0.05) is 26.7 Å². The topological polar surface area (TPSA) is 155 Å². The molecular weight excluding hydrogens is 504 g/mol. The second kappa shape index (κ2) is 13.3. The molecule has 1 saturated carbocycles. The van der Waals surface area contributed by atoms with E-state index in [1.165, 1.54) is 22.3 Å². The molecule has 0 saturated heterocycles.